The largest absolute Gasteiger partial charge is 0.466 e. The van der Waals surface area contributed by atoms with Crippen LogP contribution in [0.4, 0.5) is 0 Å². The molecule has 0 bridgehead atoms. The highest BCUT2D eigenvalue weighted by Gasteiger charge is 2.66. The zero-order chi connectivity index (χ0) is 26.5. The van der Waals surface area contributed by atoms with Crippen LogP contribution in [0.2, 0.25) is 0 Å². The third kappa shape index (κ3) is 4.94. The van der Waals surface area contributed by atoms with Gasteiger partial charge in [-0.2, -0.15) is 8.42 Å². The molecule has 2 unspecified atom stereocenters. The molecule has 0 amide bonds. The maximum Gasteiger partial charge on any atom is 0.305 e. The van der Waals surface area contributed by atoms with Crippen molar-refractivity contribution in [1.82, 2.24) is 0 Å². The van der Waals surface area contributed by atoms with Crippen molar-refractivity contribution in [2.24, 2.45) is 46.3 Å². The molecule has 0 saturated heterocycles. The predicted molar refractivity (Wildman–Crippen MR) is 131 cm³/mol. The van der Waals surface area contributed by atoms with Gasteiger partial charge in [-0.25, -0.2) is 0 Å². The summed E-state index contributed by atoms with van der Waals surface area (Å²) in [5.41, 5.74) is -0.713. The van der Waals surface area contributed by atoms with Crippen molar-refractivity contribution in [1.29, 1.82) is 0 Å². The molecule has 4 fully saturated rings. The van der Waals surface area contributed by atoms with Crippen molar-refractivity contribution in [2.45, 2.75) is 85.0 Å². The van der Waals surface area contributed by atoms with Crippen LogP contribution in [0.3, 0.4) is 0 Å². The first-order valence-electron chi connectivity index (χ1n) is 13.5. The lowest BCUT2D eigenvalue weighted by Crippen LogP contribution is -2.60. The third-order valence-electron chi connectivity index (χ3n) is 10.5. The quantitative estimate of drug-likeness (QED) is 0.288. The first-order chi connectivity index (χ1) is 16.8. The Labute approximate surface area is 214 Å². The second-order valence-electron chi connectivity index (χ2n) is 12.3. The van der Waals surface area contributed by atoms with E-state index in [1.807, 2.05) is 6.92 Å². The van der Waals surface area contributed by atoms with Crippen molar-refractivity contribution in [3.05, 3.63) is 0 Å². The Hall–Kier alpha value is -1.61. The van der Waals surface area contributed by atoms with Crippen molar-refractivity contribution in [3.8, 4) is 0 Å². The molecule has 4 rings (SSSR count). The van der Waals surface area contributed by atoms with Crippen molar-refractivity contribution >= 4 is 33.4 Å². The number of esters is 1. The van der Waals surface area contributed by atoms with Gasteiger partial charge in [0.05, 0.1) is 12.4 Å². The van der Waals surface area contributed by atoms with E-state index in [2.05, 4.69) is 13.8 Å². The van der Waals surface area contributed by atoms with Crippen LogP contribution in [0.1, 0.15) is 85.0 Å². The molecule has 0 aromatic heterocycles. The minimum absolute atomic E-state index is 0.0199. The third-order valence-corrected chi connectivity index (χ3v) is 11.3. The van der Waals surface area contributed by atoms with Crippen LogP contribution in [0.15, 0.2) is 0 Å². The zero-order valence-corrected chi connectivity index (χ0v) is 22.5. The van der Waals surface area contributed by atoms with Crippen LogP contribution < -0.4 is 0 Å². The van der Waals surface area contributed by atoms with Gasteiger partial charge in [0.25, 0.3) is 10.1 Å². The summed E-state index contributed by atoms with van der Waals surface area (Å²) in [4.78, 5) is 51.6. The Bertz CT molecular complexity index is 1030. The van der Waals surface area contributed by atoms with Gasteiger partial charge in [0.15, 0.2) is 0 Å². The van der Waals surface area contributed by atoms with E-state index in [1.54, 1.807) is 0 Å². The van der Waals surface area contributed by atoms with E-state index >= 15 is 0 Å². The number of hydrogen-bond acceptors (Lipinski definition) is 7. The van der Waals surface area contributed by atoms with E-state index in [9.17, 15) is 27.6 Å². The summed E-state index contributed by atoms with van der Waals surface area (Å²) in [6.07, 6.45) is 5.11. The van der Waals surface area contributed by atoms with Crippen molar-refractivity contribution in [3.63, 3.8) is 0 Å². The van der Waals surface area contributed by atoms with E-state index in [0.717, 1.165) is 19.3 Å². The summed E-state index contributed by atoms with van der Waals surface area (Å²) in [6, 6.07) is 0. The Balaban J connectivity index is 1.41. The molecule has 8 nitrogen and oxygen atoms in total. The number of fused-ring (bicyclic) bond motifs is 5. The lowest BCUT2D eigenvalue weighted by atomic mass is 9.44. The van der Waals surface area contributed by atoms with E-state index in [4.69, 9.17) is 9.29 Å². The molecule has 0 heterocycles. The summed E-state index contributed by atoms with van der Waals surface area (Å²) in [5, 5.41) is 0. The summed E-state index contributed by atoms with van der Waals surface area (Å²) in [5.74, 6) is 0.0250. The fourth-order valence-corrected chi connectivity index (χ4v) is 8.92. The van der Waals surface area contributed by atoms with Gasteiger partial charge in [-0.05, 0) is 67.1 Å². The first-order valence-corrected chi connectivity index (χ1v) is 15.1. The van der Waals surface area contributed by atoms with E-state index in [1.165, 1.54) is 0 Å². The fourth-order valence-electron chi connectivity index (χ4n) is 8.44. The average molecular weight is 525 g/mol. The molecule has 0 aromatic carbocycles. The normalized spacial score (nSPS) is 39.2. The first kappa shape index (κ1) is 27.4. The Morgan fingerprint density at radius 2 is 1.83 bits per heavy atom. The molecule has 36 heavy (non-hydrogen) atoms. The van der Waals surface area contributed by atoms with E-state index in [0.29, 0.717) is 32.1 Å². The zero-order valence-electron chi connectivity index (χ0n) is 21.7. The topological polar surface area (TPSA) is 132 Å². The number of carbonyl (C=O) groups is 4. The fraction of sp³-hybridized carbons (Fsp3) is 0.852. The molecule has 0 aliphatic heterocycles. The summed E-state index contributed by atoms with van der Waals surface area (Å²) >= 11 is 0. The molecule has 0 aromatic rings. The van der Waals surface area contributed by atoms with Crippen LogP contribution in [0.25, 0.3) is 0 Å². The molecule has 9 heteroatoms. The molecule has 4 aliphatic carbocycles. The molecular weight excluding hydrogens is 484 g/mol. The molecule has 4 saturated carbocycles. The number of rotatable bonds is 8. The van der Waals surface area contributed by atoms with Gasteiger partial charge in [0.2, 0.25) is 0 Å². The standard InChI is InChI=1S/C27H40O8S/c1-16(5-8-24(31)35-11-4-12-36(32,33)34)19-6-7-20-25-21(15-23(30)27(19,20)3)26(2)10-9-18(28)13-17(26)14-22(25)29/h16-17,19-21,25H,4-15H2,1-3H3,(H,32,33,34)/t16-,17?,19-,20+,21+,25+,26+,27?/m1/s1. The monoisotopic (exact) mass is 524 g/mol. The summed E-state index contributed by atoms with van der Waals surface area (Å²) in [7, 11) is -4.07. The molecule has 202 valence electrons. The molecule has 1 N–H and O–H groups in total. The maximum absolute atomic E-state index is 13.8. The molecular formula is C27H40O8S. The van der Waals surface area contributed by atoms with Gasteiger partial charge < -0.3 is 4.74 Å². The minimum atomic E-state index is -4.07. The van der Waals surface area contributed by atoms with Crippen LogP contribution in [0.5, 0.6) is 0 Å². The van der Waals surface area contributed by atoms with Gasteiger partial charge >= 0.3 is 5.97 Å². The Morgan fingerprint density at radius 3 is 2.53 bits per heavy atom. The molecule has 8 atom stereocenters. The summed E-state index contributed by atoms with van der Waals surface area (Å²) in [6.45, 7) is 6.26. The average Bonchev–Trinajstić information content (AvgIpc) is 3.15. The SMILES string of the molecule is C[C@H](CCC(=O)OCCCS(=O)(=O)O)[C@H]1CC[C@H]2[C@@H]3C(=O)CC4CC(=O)CC[C@]4(C)[C@H]3CC(=O)C12C. The van der Waals surface area contributed by atoms with Crippen LogP contribution >= 0.6 is 0 Å². The van der Waals surface area contributed by atoms with Gasteiger partial charge in [0.1, 0.15) is 17.3 Å². The predicted octanol–water partition coefficient (Wildman–Crippen LogP) is 3.81. The second-order valence-corrected chi connectivity index (χ2v) is 13.9. The van der Waals surface area contributed by atoms with Crippen LogP contribution in [-0.4, -0.2) is 48.6 Å². The smallest absolute Gasteiger partial charge is 0.305 e. The number of hydrogen-bond donors (Lipinski definition) is 1. The van der Waals surface area contributed by atoms with Crippen LogP contribution in [-0.2, 0) is 34.0 Å². The highest BCUT2D eigenvalue weighted by molar-refractivity contribution is 7.85. The van der Waals surface area contributed by atoms with Crippen LogP contribution in [0, 0.1) is 46.3 Å². The van der Waals surface area contributed by atoms with E-state index in [-0.39, 0.29) is 77.7 Å². The minimum Gasteiger partial charge on any atom is -0.466 e. The van der Waals surface area contributed by atoms with Gasteiger partial charge in [-0.15, -0.1) is 0 Å². The molecule has 4 aliphatic rings. The van der Waals surface area contributed by atoms with Gasteiger partial charge in [-0.3, -0.25) is 23.7 Å². The maximum atomic E-state index is 13.8. The lowest BCUT2D eigenvalue weighted by Gasteiger charge is -2.58. The number of ether oxygens (including phenoxy) is 1. The van der Waals surface area contributed by atoms with Gasteiger partial charge in [-0.1, -0.05) is 20.8 Å². The molecule has 0 spiro atoms. The highest BCUT2D eigenvalue weighted by Crippen LogP contribution is 2.66. The summed E-state index contributed by atoms with van der Waals surface area (Å²) < 4.78 is 35.4. The van der Waals surface area contributed by atoms with Gasteiger partial charge in [0, 0.05) is 43.4 Å². The molecule has 0 radical (unpaired) electrons. The highest BCUT2D eigenvalue weighted by atomic mass is 32.2. The Morgan fingerprint density at radius 1 is 1.11 bits per heavy atom. The van der Waals surface area contributed by atoms with Crippen molar-refractivity contribution < 1.29 is 36.9 Å². The second kappa shape index (κ2) is 9.93. The number of Topliss-reactive ketones (excluding diaryl/α,β-unsaturated/α-hetero) is 3. The van der Waals surface area contributed by atoms with E-state index < -0.39 is 27.3 Å². The lowest BCUT2D eigenvalue weighted by molar-refractivity contribution is -0.166. The number of ketones is 3. The number of carbonyl (C=O) groups excluding carboxylic acids is 4. The van der Waals surface area contributed by atoms with Crippen molar-refractivity contribution in [2.75, 3.05) is 12.4 Å². The Kier molecular flexibility index (Phi) is 7.57.